The summed E-state index contributed by atoms with van der Waals surface area (Å²) in [6.07, 6.45) is 5.98. The molecule has 0 unspecified atom stereocenters. The fourth-order valence-electron chi connectivity index (χ4n) is 2.96. The molecule has 0 saturated heterocycles. The van der Waals surface area contributed by atoms with Crippen LogP contribution in [0.25, 0.3) is 0 Å². The lowest BCUT2D eigenvalue weighted by molar-refractivity contribution is 0.0346. The third-order valence-electron chi connectivity index (χ3n) is 5.12. The van der Waals surface area contributed by atoms with Gasteiger partial charge in [-0.15, -0.1) is 0 Å². The van der Waals surface area contributed by atoms with Gasteiger partial charge in [-0.05, 0) is 44.9 Å². The highest BCUT2D eigenvalue weighted by atomic mass is 16.5. The smallest absolute Gasteiger partial charge is 0.254 e. The Hall–Kier alpha value is -1.89. The third-order valence-corrected chi connectivity index (χ3v) is 5.12. The number of nitrogens with one attached hydrogen (secondary N) is 2. The summed E-state index contributed by atoms with van der Waals surface area (Å²) < 4.78 is 5.70. The molecule has 26 heavy (non-hydrogen) atoms. The predicted molar refractivity (Wildman–Crippen MR) is 104 cm³/mol. The van der Waals surface area contributed by atoms with Crippen molar-refractivity contribution in [1.29, 1.82) is 0 Å². The summed E-state index contributed by atoms with van der Waals surface area (Å²) >= 11 is 0. The van der Waals surface area contributed by atoms with Crippen molar-refractivity contribution in [2.24, 2.45) is 11.1 Å². The first-order chi connectivity index (χ1) is 12.2. The van der Waals surface area contributed by atoms with Gasteiger partial charge < -0.3 is 21.1 Å². The molecule has 1 aliphatic rings. The first-order valence-corrected chi connectivity index (χ1v) is 9.52. The second-order valence-electron chi connectivity index (χ2n) is 8.13. The molecule has 7 heteroatoms. The van der Waals surface area contributed by atoms with Gasteiger partial charge in [0, 0.05) is 24.9 Å². The van der Waals surface area contributed by atoms with Crippen LogP contribution in [0.15, 0.2) is 6.20 Å². The molecule has 1 aromatic rings. The van der Waals surface area contributed by atoms with Gasteiger partial charge >= 0.3 is 0 Å². The van der Waals surface area contributed by atoms with Gasteiger partial charge in [-0.25, -0.2) is 4.98 Å². The summed E-state index contributed by atoms with van der Waals surface area (Å²) in [7, 11) is 0. The number of ether oxygens (including phenoxy) is 1. The van der Waals surface area contributed by atoms with Crippen LogP contribution in [-0.2, 0) is 4.74 Å². The highest BCUT2D eigenvalue weighted by molar-refractivity contribution is 5.97. The van der Waals surface area contributed by atoms with Crippen molar-refractivity contribution in [1.82, 2.24) is 9.97 Å². The quantitative estimate of drug-likeness (QED) is 0.687. The second kappa shape index (κ2) is 8.66. The Labute approximate surface area is 156 Å². The molecule has 0 aromatic carbocycles. The molecule has 0 bridgehead atoms. The van der Waals surface area contributed by atoms with E-state index in [1.165, 1.54) is 6.20 Å². The van der Waals surface area contributed by atoms with Gasteiger partial charge in [0.05, 0.1) is 11.7 Å². The monoisotopic (exact) mass is 363 g/mol. The van der Waals surface area contributed by atoms with Crippen molar-refractivity contribution in [2.45, 2.75) is 78.5 Å². The third kappa shape index (κ3) is 5.56. The van der Waals surface area contributed by atoms with E-state index in [1.54, 1.807) is 0 Å². The largest absolute Gasteiger partial charge is 0.379 e. The molecule has 1 aromatic heterocycles. The minimum atomic E-state index is -0.530. The van der Waals surface area contributed by atoms with E-state index in [1.807, 2.05) is 6.92 Å². The maximum absolute atomic E-state index is 11.7. The van der Waals surface area contributed by atoms with Crippen molar-refractivity contribution in [2.75, 3.05) is 17.2 Å². The molecule has 0 radical (unpaired) electrons. The summed E-state index contributed by atoms with van der Waals surface area (Å²) in [6.45, 7) is 11.3. The van der Waals surface area contributed by atoms with E-state index in [2.05, 4.69) is 48.3 Å². The molecule has 146 valence electrons. The molecule has 1 amide bonds. The van der Waals surface area contributed by atoms with Crippen LogP contribution in [0.5, 0.6) is 0 Å². The Bertz CT molecular complexity index is 606. The number of rotatable bonds is 7. The molecule has 1 atom stereocenters. The molecule has 1 heterocycles. The van der Waals surface area contributed by atoms with Crippen LogP contribution in [0.2, 0.25) is 0 Å². The summed E-state index contributed by atoms with van der Waals surface area (Å²) in [6, 6.07) is 0.434. The van der Waals surface area contributed by atoms with E-state index in [0.717, 1.165) is 32.3 Å². The van der Waals surface area contributed by atoms with Gasteiger partial charge in [-0.1, -0.05) is 20.8 Å². The summed E-state index contributed by atoms with van der Waals surface area (Å²) in [5.74, 6) is 0.483. The topological polar surface area (TPSA) is 102 Å². The number of anilines is 2. The van der Waals surface area contributed by atoms with Crippen molar-refractivity contribution < 1.29 is 9.53 Å². The summed E-state index contributed by atoms with van der Waals surface area (Å²) in [4.78, 5) is 20.5. The summed E-state index contributed by atoms with van der Waals surface area (Å²) in [5.41, 5.74) is 5.81. The maximum atomic E-state index is 11.7. The molecule has 7 nitrogen and oxygen atoms in total. The van der Waals surface area contributed by atoms with Gasteiger partial charge in [-0.3, -0.25) is 4.79 Å². The zero-order valence-electron chi connectivity index (χ0n) is 16.6. The van der Waals surface area contributed by atoms with Crippen molar-refractivity contribution >= 4 is 17.7 Å². The van der Waals surface area contributed by atoms with Crippen LogP contribution in [0, 0.1) is 5.41 Å². The van der Waals surface area contributed by atoms with Gasteiger partial charge in [-0.2, -0.15) is 4.98 Å². The number of carbonyl (C=O) groups is 1. The van der Waals surface area contributed by atoms with Crippen LogP contribution in [-0.4, -0.2) is 40.7 Å². The Morgan fingerprint density at radius 3 is 2.54 bits per heavy atom. The molecule has 0 spiro atoms. The number of hydrogen-bond acceptors (Lipinski definition) is 6. The first-order valence-electron chi connectivity index (χ1n) is 9.52. The van der Waals surface area contributed by atoms with Crippen molar-refractivity contribution in [3.05, 3.63) is 11.8 Å². The fourth-order valence-corrected chi connectivity index (χ4v) is 2.96. The van der Waals surface area contributed by atoms with Gasteiger partial charge in [0.2, 0.25) is 5.95 Å². The van der Waals surface area contributed by atoms with Gasteiger partial charge in [0.1, 0.15) is 5.82 Å². The fraction of sp³-hybridized carbons (Fsp3) is 0.737. The number of amides is 1. The number of nitrogens with two attached hydrogens (primary N) is 1. The van der Waals surface area contributed by atoms with Crippen molar-refractivity contribution in [3.63, 3.8) is 0 Å². The lowest BCUT2D eigenvalue weighted by atomic mass is 9.88. The molecular weight excluding hydrogens is 330 g/mol. The van der Waals surface area contributed by atoms with Gasteiger partial charge in [0.15, 0.2) is 0 Å². The lowest BCUT2D eigenvalue weighted by Crippen LogP contribution is -2.33. The lowest BCUT2D eigenvalue weighted by Gasteiger charge is -2.30. The molecule has 1 saturated carbocycles. The van der Waals surface area contributed by atoms with Crippen LogP contribution < -0.4 is 16.4 Å². The number of aromatic nitrogens is 2. The Balaban J connectivity index is 2.08. The Morgan fingerprint density at radius 1 is 1.35 bits per heavy atom. The highest BCUT2D eigenvalue weighted by Crippen LogP contribution is 2.26. The molecule has 0 aliphatic heterocycles. The molecular formula is C19H33N5O2. The van der Waals surface area contributed by atoms with Gasteiger partial charge in [0.25, 0.3) is 5.91 Å². The number of primary amides is 1. The average molecular weight is 364 g/mol. The molecule has 1 fully saturated rings. The van der Waals surface area contributed by atoms with Crippen LogP contribution in [0.4, 0.5) is 11.8 Å². The van der Waals surface area contributed by atoms with Crippen LogP contribution in [0.3, 0.4) is 0 Å². The molecule has 2 rings (SSSR count). The van der Waals surface area contributed by atoms with E-state index in [9.17, 15) is 4.79 Å². The van der Waals surface area contributed by atoms with E-state index in [-0.39, 0.29) is 11.5 Å². The first kappa shape index (κ1) is 20.4. The van der Waals surface area contributed by atoms with Crippen molar-refractivity contribution in [3.8, 4) is 0 Å². The molecule has 4 N–H and O–H groups in total. The maximum Gasteiger partial charge on any atom is 0.254 e. The normalized spacial score (nSPS) is 21.9. The number of hydrogen-bond donors (Lipinski definition) is 3. The van der Waals surface area contributed by atoms with E-state index >= 15 is 0 Å². The zero-order chi connectivity index (χ0) is 19.3. The minimum Gasteiger partial charge on any atom is -0.379 e. The SMILES string of the molecule is CCO[C@H]1CC[C@H](Nc2ncc(C(N)=O)c(N[C@@H](C)C(C)(C)C)n2)CC1. The van der Waals surface area contributed by atoms with Crippen LogP contribution >= 0.6 is 0 Å². The van der Waals surface area contributed by atoms with E-state index < -0.39 is 5.91 Å². The van der Waals surface area contributed by atoms with E-state index in [4.69, 9.17) is 10.5 Å². The second-order valence-corrected chi connectivity index (χ2v) is 8.13. The standard InChI is InChI=1S/C19H33N5O2/c1-6-26-14-9-7-13(8-10-14)23-18-21-11-15(16(20)25)17(24-18)22-12(2)19(3,4)5/h11-14H,6-10H2,1-5H3,(H2,20,25)(H2,21,22,23,24)/t12-,13-,14-/m0/s1. The average Bonchev–Trinajstić information content (AvgIpc) is 2.56. The number of nitrogens with zero attached hydrogens (tertiary/aromatic N) is 2. The van der Waals surface area contributed by atoms with Crippen LogP contribution in [0.1, 0.15) is 70.7 Å². The Kier molecular flexibility index (Phi) is 6.81. The predicted octanol–water partition coefficient (Wildman–Crippen LogP) is 3.18. The Morgan fingerprint density at radius 2 is 2.00 bits per heavy atom. The van der Waals surface area contributed by atoms with E-state index in [0.29, 0.717) is 29.5 Å². The zero-order valence-corrected chi connectivity index (χ0v) is 16.6. The molecule has 1 aliphatic carbocycles. The number of carbonyl (C=O) groups excluding carboxylic acids is 1. The minimum absolute atomic E-state index is 0.0190. The summed E-state index contributed by atoms with van der Waals surface area (Å²) in [5, 5.41) is 6.71. The highest BCUT2D eigenvalue weighted by Gasteiger charge is 2.24.